The topological polar surface area (TPSA) is 43.8 Å². The van der Waals surface area contributed by atoms with Gasteiger partial charge in [0.2, 0.25) is 0 Å². The Kier molecular flexibility index (Phi) is 3.48. The fourth-order valence-corrected chi connectivity index (χ4v) is 1.97. The molecule has 0 fully saturated rings. The molecule has 4 heteroatoms. The lowest BCUT2D eigenvalue weighted by molar-refractivity contribution is 0.605. The molecule has 3 nitrogen and oxygen atoms in total. The summed E-state index contributed by atoms with van der Waals surface area (Å²) in [7, 11) is 0. The van der Waals surface area contributed by atoms with Gasteiger partial charge >= 0.3 is 0 Å². The molecule has 0 aliphatic carbocycles. The van der Waals surface area contributed by atoms with Crippen molar-refractivity contribution in [1.29, 1.82) is 0 Å². The Morgan fingerprint density at radius 2 is 2.00 bits per heavy atom. The summed E-state index contributed by atoms with van der Waals surface area (Å²) in [6, 6.07) is 8.23. The summed E-state index contributed by atoms with van der Waals surface area (Å²) in [5.74, 6) is 0. The first kappa shape index (κ1) is 11.4. The Hall–Kier alpha value is -1.04. The highest BCUT2D eigenvalue weighted by atomic mass is 127. The van der Waals surface area contributed by atoms with Crippen LogP contribution in [-0.2, 0) is 6.54 Å². The third-order valence-electron chi connectivity index (χ3n) is 2.36. The molecule has 84 valence electrons. The second-order valence-electron chi connectivity index (χ2n) is 3.70. The Morgan fingerprint density at radius 3 is 2.62 bits per heavy atom. The molecular formula is C12H14IN3. The van der Waals surface area contributed by atoms with Crippen molar-refractivity contribution in [3.05, 3.63) is 34.0 Å². The van der Waals surface area contributed by atoms with Gasteiger partial charge in [-0.2, -0.15) is 5.10 Å². The average molecular weight is 327 g/mol. The third-order valence-corrected chi connectivity index (χ3v) is 3.08. The summed E-state index contributed by atoms with van der Waals surface area (Å²) in [5.41, 5.74) is 8.66. The van der Waals surface area contributed by atoms with Gasteiger partial charge in [-0.1, -0.05) is 19.1 Å². The minimum atomic E-state index is 0.745. The smallest absolute Gasteiger partial charge is 0.115 e. The predicted molar refractivity (Wildman–Crippen MR) is 75.1 cm³/mol. The van der Waals surface area contributed by atoms with E-state index in [4.69, 9.17) is 5.73 Å². The summed E-state index contributed by atoms with van der Waals surface area (Å²) >= 11 is 2.29. The maximum absolute atomic E-state index is 5.96. The van der Waals surface area contributed by atoms with Gasteiger partial charge in [0.05, 0.1) is 5.69 Å². The minimum Gasteiger partial charge on any atom is -0.396 e. The van der Waals surface area contributed by atoms with E-state index in [-0.39, 0.29) is 0 Å². The summed E-state index contributed by atoms with van der Waals surface area (Å²) in [5, 5.41) is 4.49. The number of hydrogen-bond donors (Lipinski definition) is 1. The highest BCUT2D eigenvalue weighted by Gasteiger charge is 2.07. The van der Waals surface area contributed by atoms with Gasteiger partial charge in [0.25, 0.3) is 0 Å². The van der Waals surface area contributed by atoms with E-state index in [1.165, 1.54) is 3.57 Å². The van der Waals surface area contributed by atoms with Crippen LogP contribution in [0.4, 0.5) is 5.69 Å². The number of nitrogens with zero attached hydrogens (tertiary/aromatic N) is 2. The third kappa shape index (κ3) is 2.37. The number of halogens is 1. The maximum atomic E-state index is 5.96. The number of aromatic nitrogens is 2. The molecule has 0 saturated carbocycles. The molecule has 16 heavy (non-hydrogen) atoms. The fourth-order valence-electron chi connectivity index (χ4n) is 1.61. The van der Waals surface area contributed by atoms with Crippen LogP contribution in [0.2, 0.25) is 0 Å². The molecule has 1 aromatic heterocycles. The summed E-state index contributed by atoms with van der Waals surface area (Å²) < 4.78 is 3.12. The highest BCUT2D eigenvalue weighted by molar-refractivity contribution is 14.1. The molecule has 1 aromatic carbocycles. The van der Waals surface area contributed by atoms with Crippen molar-refractivity contribution in [2.75, 3.05) is 5.73 Å². The van der Waals surface area contributed by atoms with Gasteiger partial charge in [-0.3, -0.25) is 4.68 Å². The molecule has 2 aromatic rings. The van der Waals surface area contributed by atoms with E-state index in [1.54, 1.807) is 0 Å². The molecule has 0 radical (unpaired) electrons. The van der Waals surface area contributed by atoms with Crippen LogP contribution in [0.3, 0.4) is 0 Å². The average Bonchev–Trinajstić information content (AvgIpc) is 2.61. The Balaban J connectivity index is 2.36. The molecule has 2 rings (SSSR count). The second-order valence-corrected chi connectivity index (χ2v) is 4.95. The molecule has 0 saturated heterocycles. The largest absolute Gasteiger partial charge is 0.396 e. The number of hydrogen-bond acceptors (Lipinski definition) is 2. The Labute approximate surface area is 109 Å². The number of rotatable bonds is 3. The van der Waals surface area contributed by atoms with Gasteiger partial charge in [0.1, 0.15) is 5.69 Å². The van der Waals surface area contributed by atoms with Crippen LogP contribution in [0.25, 0.3) is 11.3 Å². The first-order valence-electron chi connectivity index (χ1n) is 5.29. The van der Waals surface area contributed by atoms with Gasteiger partial charge in [-0.15, -0.1) is 0 Å². The van der Waals surface area contributed by atoms with E-state index in [1.807, 2.05) is 10.9 Å². The number of benzene rings is 1. The van der Waals surface area contributed by atoms with Crippen molar-refractivity contribution < 1.29 is 0 Å². The van der Waals surface area contributed by atoms with Crippen molar-refractivity contribution in [3.8, 4) is 11.3 Å². The first-order valence-corrected chi connectivity index (χ1v) is 6.37. The van der Waals surface area contributed by atoms with E-state index >= 15 is 0 Å². The molecule has 2 N–H and O–H groups in total. The fraction of sp³-hybridized carbons (Fsp3) is 0.250. The van der Waals surface area contributed by atoms with E-state index in [0.717, 1.165) is 29.9 Å². The molecule has 0 amide bonds. The highest BCUT2D eigenvalue weighted by Crippen LogP contribution is 2.24. The summed E-state index contributed by atoms with van der Waals surface area (Å²) in [6.07, 6.45) is 2.96. The lowest BCUT2D eigenvalue weighted by Crippen LogP contribution is -1.96. The molecule has 0 atom stereocenters. The number of nitrogen functional groups attached to an aromatic ring is 1. The molecule has 0 aliphatic rings. The molecule has 0 spiro atoms. The van der Waals surface area contributed by atoms with Crippen molar-refractivity contribution in [1.82, 2.24) is 9.78 Å². The predicted octanol–water partition coefficient (Wildman–Crippen LogP) is 3.15. The van der Waals surface area contributed by atoms with E-state index in [9.17, 15) is 0 Å². The number of aryl methyl sites for hydroxylation is 1. The number of anilines is 1. The van der Waals surface area contributed by atoms with Crippen molar-refractivity contribution in [3.63, 3.8) is 0 Å². The van der Waals surface area contributed by atoms with Gasteiger partial charge in [0.15, 0.2) is 0 Å². The summed E-state index contributed by atoms with van der Waals surface area (Å²) in [4.78, 5) is 0. The summed E-state index contributed by atoms with van der Waals surface area (Å²) in [6.45, 7) is 3.04. The minimum absolute atomic E-state index is 0.745. The number of nitrogens with two attached hydrogens (primary N) is 1. The van der Waals surface area contributed by atoms with Crippen molar-refractivity contribution in [2.45, 2.75) is 19.9 Å². The van der Waals surface area contributed by atoms with E-state index in [0.29, 0.717) is 0 Å². The Bertz CT molecular complexity index is 474. The first-order chi connectivity index (χ1) is 7.70. The Morgan fingerprint density at radius 1 is 1.31 bits per heavy atom. The lowest BCUT2D eigenvalue weighted by atomic mass is 10.1. The van der Waals surface area contributed by atoms with Crippen LogP contribution in [0, 0.1) is 3.57 Å². The van der Waals surface area contributed by atoms with Gasteiger partial charge in [-0.05, 0) is 41.1 Å². The molecule has 0 unspecified atom stereocenters. The molecule has 0 aliphatic heterocycles. The van der Waals surface area contributed by atoms with Crippen molar-refractivity contribution >= 4 is 28.3 Å². The van der Waals surface area contributed by atoms with Crippen LogP contribution in [0.1, 0.15) is 13.3 Å². The lowest BCUT2D eigenvalue weighted by Gasteiger charge is -1.99. The SMILES string of the molecule is CCCn1cc(N)c(-c2ccc(I)cc2)n1. The standard InChI is InChI=1S/C12H14IN3/c1-2-7-16-8-11(14)12(15-16)9-3-5-10(13)6-4-9/h3-6,8H,2,7,14H2,1H3. The zero-order chi connectivity index (χ0) is 11.5. The maximum Gasteiger partial charge on any atom is 0.115 e. The van der Waals surface area contributed by atoms with Gasteiger partial charge in [0, 0.05) is 21.9 Å². The zero-order valence-corrected chi connectivity index (χ0v) is 11.3. The van der Waals surface area contributed by atoms with Crippen LogP contribution in [0.5, 0.6) is 0 Å². The normalized spacial score (nSPS) is 10.6. The van der Waals surface area contributed by atoms with Crippen LogP contribution >= 0.6 is 22.6 Å². The van der Waals surface area contributed by atoms with Crippen LogP contribution < -0.4 is 5.73 Å². The quantitative estimate of drug-likeness (QED) is 0.880. The molecule has 1 heterocycles. The van der Waals surface area contributed by atoms with Crippen LogP contribution in [-0.4, -0.2) is 9.78 Å². The van der Waals surface area contributed by atoms with Gasteiger partial charge < -0.3 is 5.73 Å². The zero-order valence-electron chi connectivity index (χ0n) is 9.15. The molecular weight excluding hydrogens is 313 g/mol. The van der Waals surface area contributed by atoms with Crippen LogP contribution in [0.15, 0.2) is 30.5 Å². The second kappa shape index (κ2) is 4.86. The van der Waals surface area contributed by atoms with E-state index in [2.05, 4.69) is 58.9 Å². The van der Waals surface area contributed by atoms with E-state index < -0.39 is 0 Å². The van der Waals surface area contributed by atoms with Crippen molar-refractivity contribution in [2.24, 2.45) is 0 Å². The molecule has 0 bridgehead atoms. The van der Waals surface area contributed by atoms with Gasteiger partial charge in [-0.25, -0.2) is 0 Å². The monoisotopic (exact) mass is 327 g/mol.